The van der Waals surface area contributed by atoms with Crippen LogP contribution in [0.2, 0.25) is 0 Å². The summed E-state index contributed by atoms with van der Waals surface area (Å²) >= 11 is 0. The van der Waals surface area contributed by atoms with Gasteiger partial charge in [0.15, 0.2) is 0 Å². The van der Waals surface area contributed by atoms with Crippen LogP contribution in [0.15, 0.2) is 90.6 Å². The van der Waals surface area contributed by atoms with E-state index >= 15 is 0 Å². The van der Waals surface area contributed by atoms with Gasteiger partial charge in [-0.3, -0.25) is 9.59 Å². The second-order valence-electron chi connectivity index (χ2n) is 9.37. The third-order valence-corrected chi connectivity index (χ3v) is 7.42. The van der Waals surface area contributed by atoms with Crippen LogP contribution in [-0.2, 0) is 25.5 Å². The summed E-state index contributed by atoms with van der Waals surface area (Å²) < 4.78 is 5.50. The Morgan fingerprint density at radius 1 is 0.833 bits per heavy atom. The number of ether oxygens (including phenoxy) is 1. The van der Waals surface area contributed by atoms with Crippen molar-refractivity contribution in [2.75, 3.05) is 11.5 Å². The molecule has 2 saturated heterocycles. The van der Waals surface area contributed by atoms with Crippen LogP contribution in [-0.4, -0.2) is 35.3 Å². The minimum atomic E-state index is -0.881. The van der Waals surface area contributed by atoms with Crippen molar-refractivity contribution in [3.05, 3.63) is 107 Å². The number of esters is 1. The van der Waals surface area contributed by atoms with Gasteiger partial charge in [0, 0.05) is 12.1 Å². The number of carbonyl (C=O) groups is 3. The molecule has 3 aromatic rings. The average molecular weight is 479 g/mol. The summed E-state index contributed by atoms with van der Waals surface area (Å²) in [6, 6.07) is 25.6. The molecule has 0 radical (unpaired) electrons. The summed E-state index contributed by atoms with van der Waals surface area (Å²) in [5, 5.41) is 0. The molecule has 0 N–H and O–H groups in total. The van der Waals surface area contributed by atoms with Gasteiger partial charge in [-0.1, -0.05) is 72.8 Å². The molecule has 3 aliphatic heterocycles. The second kappa shape index (κ2) is 8.79. The van der Waals surface area contributed by atoms with Crippen molar-refractivity contribution in [3.63, 3.8) is 0 Å². The van der Waals surface area contributed by atoms with Gasteiger partial charge in [-0.05, 0) is 41.8 Å². The standard InChI is InChI=1S/C30H26N2O4/c1-2-36-30(35)27-25-24(28(33)32(29(25)34)21-14-7-4-8-15-21)26-23-16-10-9-13-20(23)18-22(31(26)27)17-19-11-5-3-6-12-19/h3-16,18,24-27H,2,17H2,1H3/t24-,25+,26-,27+/m1/s1. The molecule has 3 aromatic carbocycles. The number of hydrogen-bond donors (Lipinski definition) is 0. The van der Waals surface area contributed by atoms with Crippen LogP contribution in [0, 0.1) is 11.8 Å². The third kappa shape index (κ3) is 3.36. The fourth-order valence-corrected chi connectivity index (χ4v) is 6.03. The number of amides is 2. The zero-order valence-electron chi connectivity index (χ0n) is 19.9. The smallest absolute Gasteiger partial charge is 0.329 e. The molecule has 3 heterocycles. The van der Waals surface area contributed by atoms with Crippen LogP contribution in [0.4, 0.5) is 5.69 Å². The minimum absolute atomic E-state index is 0.198. The molecule has 0 aliphatic carbocycles. The molecule has 0 saturated carbocycles. The maximum Gasteiger partial charge on any atom is 0.329 e. The van der Waals surface area contributed by atoms with Crippen LogP contribution in [0.5, 0.6) is 0 Å². The lowest BCUT2D eigenvalue weighted by molar-refractivity contribution is -0.151. The van der Waals surface area contributed by atoms with E-state index in [1.165, 1.54) is 4.90 Å². The normalized spacial score (nSPS) is 24.2. The molecule has 180 valence electrons. The van der Waals surface area contributed by atoms with Crippen LogP contribution in [0.1, 0.15) is 29.7 Å². The lowest BCUT2D eigenvalue weighted by atomic mass is 9.84. The second-order valence-corrected chi connectivity index (χ2v) is 9.37. The summed E-state index contributed by atoms with van der Waals surface area (Å²) in [5.41, 5.74) is 4.48. The highest BCUT2D eigenvalue weighted by Crippen LogP contribution is 2.55. The number of anilines is 1. The van der Waals surface area contributed by atoms with Gasteiger partial charge < -0.3 is 9.64 Å². The highest BCUT2D eigenvalue weighted by atomic mass is 16.5. The number of carbonyl (C=O) groups excluding carboxylic acids is 3. The molecule has 6 heteroatoms. The first-order valence-corrected chi connectivity index (χ1v) is 12.3. The third-order valence-electron chi connectivity index (χ3n) is 7.42. The van der Waals surface area contributed by atoms with Gasteiger partial charge in [0.1, 0.15) is 6.04 Å². The Hall–Kier alpha value is -4.19. The summed E-state index contributed by atoms with van der Waals surface area (Å²) in [6.07, 6.45) is 2.65. The predicted octanol–water partition coefficient (Wildman–Crippen LogP) is 4.38. The van der Waals surface area contributed by atoms with E-state index in [0.29, 0.717) is 12.1 Å². The first-order chi connectivity index (χ1) is 17.6. The lowest BCUT2D eigenvalue weighted by Crippen LogP contribution is -2.47. The van der Waals surface area contributed by atoms with Crippen molar-refractivity contribution < 1.29 is 19.1 Å². The van der Waals surface area contributed by atoms with Crippen molar-refractivity contribution in [3.8, 4) is 0 Å². The van der Waals surface area contributed by atoms with Crippen LogP contribution in [0.25, 0.3) is 6.08 Å². The van der Waals surface area contributed by atoms with Crippen molar-refractivity contribution in [2.24, 2.45) is 11.8 Å². The van der Waals surface area contributed by atoms with Crippen molar-refractivity contribution in [1.82, 2.24) is 4.90 Å². The Balaban J connectivity index is 1.51. The van der Waals surface area contributed by atoms with Crippen molar-refractivity contribution >= 4 is 29.5 Å². The molecule has 3 aliphatic rings. The van der Waals surface area contributed by atoms with Gasteiger partial charge >= 0.3 is 5.97 Å². The zero-order valence-corrected chi connectivity index (χ0v) is 19.9. The number of fused-ring (bicyclic) bond motifs is 5. The quantitative estimate of drug-likeness (QED) is 0.402. The van der Waals surface area contributed by atoms with E-state index in [4.69, 9.17) is 4.74 Å². The summed E-state index contributed by atoms with van der Waals surface area (Å²) in [6.45, 7) is 1.95. The first kappa shape index (κ1) is 22.3. The Kier molecular flexibility index (Phi) is 5.44. The first-order valence-electron chi connectivity index (χ1n) is 12.3. The van der Waals surface area contributed by atoms with Crippen LogP contribution in [0.3, 0.4) is 0 Å². The Morgan fingerprint density at radius 3 is 2.19 bits per heavy atom. The van der Waals surface area contributed by atoms with Gasteiger partial charge in [-0.15, -0.1) is 0 Å². The molecule has 2 amide bonds. The number of hydrogen-bond acceptors (Lipinski definition) is 5. The number of benzene rings is 3. The summed E-state index contributed by atoms with van der Waals surface area (Å²) in [7, 11) is 0. The molecule has 36 heavy (non-hydrogen) atoms. The van der Waals surface area contributed by atoms with Gasteiger partial charge in [0.05, 0.1) is 30.2 Å². The fraction of sp³-hybridized carbons (Fsp3) is 0.233. The average Bonchev–Trinajstić information content (AvgIpc) is 3.39. The number of imide groups is 1. The zero-order chi connectivity index (χ0) is 24.8. The number of para-hydroxylation sites is 1. The monoisotopic (exact) mass is 478 g/mol. The van der Waals surface area contributed by atoms with E-state index < -0.39 is 29.9 Å². The van der Waals surface area contributed by atoms with Gasteiger partial charge in [0.2, 0.25) is 11.8 Å². The predicted molar refractivity (Wildman–Crippen MR) is 135 cm³/mol. The van der Waals surface area contributed by atoms with Gasteiger partial charge in [-0.25, -0.2) is 9.69 Å². The molecular formula is C30H26N2O4. The Morgan fingerprint density at radius 2 is 1.47 bits per heavy atom. The largest absolute Gasteiger partial charge is 0.464 e. The minimum Gasteiger partial charge on any atom is -0.464 e. The number of nitrogens with zero attached hydrogens (tertiary/aromatic N) is 2. The number of allylic oxidation sites excluding steroid dienone is 1. The topological polar surface area (TPSA) is 66.9 Å². The molecule has 0 unspecified atom stereocenters. The van der Waals surface area contributed by atoms with Crippen molar-refractivity contribution in [1.29, 1.82) is 0 Å². The van der Waals surface area contributed by atoms with E-state index in [-0.39, 0.29) is 18.4 Å². The van der Waals surface area contributed by atoms with E-state index in [0.717, 1.165) is 22.4 Å². The molecule has 0 spiro atoms. The molecule has 6 rings (SSSR count). The molecule has 2 fully saturated rings. The van der Waals surface area contributed by atoms with E-state index in [1.54, 1.807) is 31.2 Å². The highest BCUT2D eigenvalue weighted by Gasteiger charge is 2.66. The molecule has 4 atom stereocenters. The summed E-state index contributed by atoms with van der Waals surface area (Å²) in [5.74, 6) is -2.60. The summed E-state index contributed by atoms with van der Waals surface area (Å²) in [4.78, 5) is 44.6. The Labute approximate surface area is 209 Å². The fourth-order valence-electron chi connectivity index (χ4n) is 6.03. The maximum atomic E-state index is 14.0. The van der Waals surface area contributed by atoms with E-state index in [9.17, 15) is 14.4 Å². The SMILES string of the molecule is CCOC(=O)[C@@H]1[C@H]2C(=O)N(c3ccccc3)C(=O)[C@H]2[C@H]2c3ccccc3C=C(Cc3ccccc3)N12. The molecule has 0 bridgehead atoms. The molecule has 6 nitrogen and oxygen atoms in total. The molecule has 0 aromatic heterocycles. The molecular weight excluding hydrogens is 452 g/mol. The Bertz CT molecular complexity index is 1370. The van der Waals surface area contributed by atoms with E-state index in [2.05, 4.69) is 6.08 Å². The number of rotatable bonds is 5. The van der Waals surface area contributed by atoms with Crippen LogP contribution < -0.4 is 4.90 Å². The maximum absolute atomic E-state index is 14.0. The lowest BCUT2D eigenvalue weighted by Gasteiger charge is -2.39. The van der Waals surface area contributed by atoms with Crippen molar-refractivity contribution in [2.45, 2.75) is 25.4 Å². The highest BCUT2D eigenvalue weighted by molar-refractivity contribution is 6.23. The van der Waals surface area contributed by atoms with Gasteiger partial charge in [0.25, 0.3) is 0 Å². The van der Waals surface area contributed by atoms with E-state index in [1.807, 2.05) is 65.6 Å². The van der Waals surface area contributed by atoms with Crippen LogP contribution >= 0.6 is 0 Å². The van der Waals surface area contributed by atoms with Gasteiger partial charge in [-0.2, -0.15) is 0 Å².